The Morgan fingerprint density at radius 2 is 2.28 bits per heavy atom. The first-order valence-electron chi connectivity index (χ1n) is 6.88. The van der Waals surface area contributed by atoms with E-state index in [1.165, 1.54) is 42.3 Å². The summed E-state index contributed by atoms with van der Waals surface area (Å²) in [4.78, 5) is 2.50. The minimum Gasteiger partial charge on any atom is -0.488 e. The molecule has 0 amide bonds. The molecule has 0 unspecified atom stereocenters. The van der Waals surface area contributed by atoms with E-state index in [1.807, 2.05) is 0 Å². The van der Waals surface area contributed by atoms with Crippen LogP contribution in [0.5, 0.6) is 5.75 Å². The third-order valence-electron chi connectivity index (χ3n) is 5.23. The lowest BCUT2D eigenvalue weighted by atomic mass is 9.62. The topological polar surface area (TPSA) is 12.5 Å². The Bertz CT molecular complexity index is 503. The van der Waals surface area contributed by atoms with Gasteiger partial charge in [0.2, 0.25) is 0 Å². The highest BCUT2D eigenvalue weighted by atomic mass is 79.9. The minimum atomic E-state index is 0.300. The number of likely N-dealkylation sites (tertiary alicyclic amines) is 1. The Hall–Kier alpha value is -0.540. The van der Waals surface area contributed by atoms with E-state index in [4.69, 9.17) is 4.74 Å². The lowest BCUT2D eigenvalue weighted by Crippen LogP contribution is -2.60. The third kappa shape index (κ3) is 1.32. The van der Waals surface area contributed by atoms with Gasteiger partial charge in [-0.1, -0.05) is 22.4 Å². The van der Waals surface area contributed by atoms with Crippen molar-refractivity contribution in [2.45, 2.75) is 43.2 Å². The maximum absolute atomic E-state index is 6.33. The maximum Gasteiger partial charge on any atom is 0.124 e. The van der Waals surface area contributed by atoms with E-state index < -0.39 is 0 Å². The highest BCUT2D eigenvalue weighted by Crippen LogP contribution is 2.55. The van der Waals surface area contributed by atoms with Gasteiger partial charge in [-0.25, -0.2) is 0 Å². The van der Waals surface area contributed by atoms with Crippen LogP contribution in [0.25, 0.3) is 0 Å². The van der Waals surface area contributed by atoms with Crippen molar-refractivity contribution < 1.29 is 4.74 Å². The lowest BCUT2D eigenvalue weighted by molar-refractivity contribution is -0.0303. The van der Waals surface area contributed by atoms with Crippen molar-refractivity contribution in [2.75, 3.05) is 13.6 Å². The molecule has 1 saturated carbocycles. The maximum atomic E-state index is 6.33. The Kier molecular flexibility index (Phi) is 2.34. The predicted octanol–water partition coefficient (Wildman–Crippen LogP) is 3.34. The summed E-state index contributed by atoms with van der Waals surface area (Å²) in [5, 5.41) is 0. The first-order chi connectivity index (χ1) is 8.71. The zero-order chi connectivity index (χ0) is 12.3. The van der Waals surface area contributed by atoms with Crippen LogP contribution >= 0.6 is 15.9 Å². The molecule has 0 radical (unpaired) electrons. The van der Waals surface area contributed by atoms with Crippen LogP contribution < -0.4 is 4.74 Å². The SMILES string of the molecule is CN1CC[C@@]23CCC[C@@H]1[C@@H]2Oc1ccc(Br)cc13. The van der Waals surface area contributed by atoms with Gasteiger partial charge >= 0.3 is 0 Å². The number of fused-ring (bicyclic) bond motifs is 1. The summed E-state index contributed by atoms with van der Waals surface area (Å²) in [6.45, 7) is 1.20. The second-order valence-corrected chi connectivity index (χ2v) is 6.94. The molecule has 0 spiro atoms. The molecule has 1 aromatic carbocycles. The zero-order valence-electron chi connectivity index (χ0n) is 10.7. The van der Waals surface area contributed by atoms with Crippen molar-refractivity contribution in [2.24, 2.45) is 0 Å². The molecule has 3 heteroatoms. The highest BCUT2D eigenvalue weighted by Gasteiger charge is 2.57. The predicted molar refractivity (Wildman–Crippen MR) is 75.1 cm³/mol. The summed E-state index contributed by atoms with van der Waals surface area (Å²) in [7, 11) is 2.25. The van der Waals surface area contributed by atoms with Gasteiger partial charge in [-0.2, -0.15) is 0 Å². The molecule has 18 heavy (non-hydrogen) atoms. The Morgan fingerprint density at radius 1 is 1.39 bits per heavy atom. The average Bonchev–Trinajstić information content (AvgIpc) is 2.69. The standard InChI is InChI=1S/C15H18BrNO/c1-17-8-7-15-6-2-3-12(17)14(15)18-13-5-4-10(16)9-11(13)15/h4-5,9,12,14H,2-3,6-8H2,1H3/t12-,14+,15-/m1/s1. The molecule has 2 nitrogen and oxygen atoms in total. The van der Waals surface area contributed by atoms with E-state index in [1.54, 1.807) is 0 Å². The van der Waals surface area contributed by atoms with E-state index in [0.29, 0.717) is 17.6 Å². The Labute approximate surface area is 116 Å². The quantitative estimate of drug-likeness (QED) is 0.729. The van der Waals surface area contributed by atoms with E-state index in [0.717, 1.165) is 5.75 Å². The molecule has 0 N–H and O–H groups in total. The lowest BCUT2D eigenvalue weighted by Gasteiger charge is -2.51. The average molecular weight is 308 g/mol. The Balaban J connectivity index is 1.87. The molecule has 3 aliphatic rings. The Morgan fingerprint density at radius 3 is 3.17 bits per heavy atom. The van der Waals surface area contributed by atoms with Crippen molar-refractivity contribution >= 4 is 15.9 Å². The molecule has 2 aliphatic heterocycles. The van der Waals surface area contributed by atoms with E-state index in [-0.39, 0.29) is 0 Å². The van der Waals surface area contributed by atoms with Gasteiger partial charge in [-0.15, -0.1) is 0 Å². The van der Waals surface area contributed by atoms with Crippen LogP contribution in [0.4, 0.5) is 0 Å². The van der Waals surface area contributed by atoms with Crippen molar-refractivity contribution in [1.29, 1.82) is 0 Å². The molecule has 3 atom stereocenters. The minimum absolute atomic E-state index is 0.300. The molecule has 4 rings (SSSR count). The van der Waals surface area contributed by atoms with Crippen molar-refractivity contribution in [3.63, 3.8) is 0 Å². The van der Waals surface area contributed by atoms with E-state index >= 15 is 0 Å². The van der Waals surface area contributed by atoms with Gasteiger partial charge in [0.05, 0.1) is 0 Å². The smallest absolute Gasteiger partial charge is 0.124 e. The molecular weight excluding hydrogens is 290 g/mol. The number of ether oxygens (including phenoxy) is 1. The number of halogens is 1. The molecular formula is C15H18BrNO. The molecule has 0 aromatic heterocycles. The van der Waals surface area contributed by atoms with Crippen LogP contribution in [0, 0.1) is 0 Å². The van der Waals surface area contributed by atoms with Gasteiger partial charge in [0.15, 0.2) is 0 Å². The fourth-order valence-corrected chi connectivity index (χ4v) is 4.65. The van der Waals surface area contributed by atoms with Gasteiger partial charge in [0.1, 0.15) is 11.9 Å². The summed E-state index contributed by atoms with van der Waals surface area (Å²) in [5.41, 5.74) is 1.76. The van der Waals surface area contributed by atoms with Crippen LogP contribution in [-0.2, 0) is 5.41 Å². The summed E-state index contributed by atoms with van der Waals surface area (Å²) in [6.07, 6.45) is 5.55. The molecule has 2 fully saturated rings. The van der Waals surface area contributed by atoms with Gasteiger partial charge in [-0.3, -0.25) is 4.90 Å². The number of likely N-dealkylation sites (N-methyl/N-ethyl adjacent to an activating group) is 1. The summed E-state index contributed by atoms with van der Waals surface area (Å²) in [5.74, 6) is 1.13. The second-order valence-electron chi connectivity index (χ2n) is 6.03. The van der Waals surface area contributed by atoms with Crippen LogP contribution in [-0.4, -0.2) is 30.6 Å². The van der Waals surface area contributed by atoms with Crippen LogP contribution in [0.1, 0.15) is 31.2 Å². The van der Waals surface area contributed by atoms with Crippen LogP contribution in [0.2, 0.25) is 0 Å². The summed E-state index contributed by atoms with van der Waals surface area (Å²) < 4.78 is 7.51. The van der Waals surface area contributed by atoms with Gasteiger partial charge in [0.25, 0.3) is 0 Å². The molecule has 1 aliphatic carbocycles. The summed E-state index contributed by atoms with van der Waals surface area (Å²) >= 11 is 3.61. The number of hydrogen-bond donors (Lipinski definition) is 0. The monoisotopic (exact) mass is 307 g/mol. The van der Waals surface area contributed by atoms with Gasteiger partial charge in [0, 0.05) is 21.5 Å². The van der Waals surface area contributed by atoms with E-state index in [2.05, 4.69) is 46.1 Å². The molecule has 2 heterocycles. The molecule has 1 saturated heterocycles. The largest absolute Gasteiger partial charge is 0.488 e. The van der Waals surface area contributed by atoms with Crippen molar-refractivity contribution in [3.05, 3.63) is 28.2 Å². The van der Waals surface area contributed by atoms with Crippen molar-refractivity contribution in [3.8, 4) is 5.75 Å². The molecule has 2 bridgehead atoms. The fraction of sp³-hybridized carbons (Fsp3) is 0.600. The molecule has 96 valence electrons. The number of benzene rings is 1. The summed E-state index contributed by atoms with van der Waals surface area (Å²) in [6, 6.07) is 7.14. The third-order valence-corrected chi connectivity index (χ3v) is 5.72. The zero-order valence-corrected chi connectivity index (χ0v) is 12.2. The van der Waals surface area contributed by atoms with Gasteiger partial charge < -0.3 is 4.74 Å². The molecule has 1 aromatic rings. The van der Waals surface area contributed by atoms with Crippen molar-refractivity contribution in [1.82, 2.24) is 4.90 Å². The number of piperidine rings is 1. The number of nitrogens with zero attached hydrogens (tertiary/aromatic N) is 1. The normalized spacial score (nSPS) is 37.9. The van der Waals surface area contributed by atoms with Crippen LogP contribution in [0.15, 0.2) is 22.7 Å². The van der Waals surface area contributed by atoms with Gasteiger partial charge in [-0.05, 0) is 51.1 Å². The number of rotatable bonds is 0. The second kappa shape index (κ2) is 3.73. The highest BCUT2D eigenvalue weighted by molar-refractivity contribution is 9.10. The first-order valence-corrected chi connectivity index (χ1v) is 7.67. The van der Waals surface area contributed by atoms with Crippen LogP contribution in [0.3, 0.4) is 0 Å². The number of hydrogen-bond acceptors (Lipinski definition) is 2. The van der Waals surface area contributed by atoms with E-state index in [9.17, 15) is 0 Å². The first kappa shape index (κ1) is 11.3. The fourth-order valence-electron chi connectivity index (χ4n) is 4.29.